The molecule has 0 aromatic heterocycles. The van der Waals surface area contributed by atoms with Crippen LogP contribution in [0.1, 0.15) is 22.7 Å². The van der Waals surface area contributed by atoms with Gasteiger partial charge in [0.2, 0.25) is 0 Å². The summed E-state index contributed by atoms with van der Waals surface area (Å²) in [5.41, 5.74) is 2.47. The molecule has 1 atom stereocenters. The Hall–Kier alpha value is -1.45. The lowest BCUT2D eigenvalue weighted by atomic mass is 9.95. The van der Waals surface area contributed by atoms with E-state index in [4.69, 9.17) is 11.6 Å². The topological polar surface area (TPSA) is 12.0 Å². The average molecular weight is 282 g/mol. The Labute approximate surface area is 116 Å². The molecule has 2 aromatic carbocycles. The Kier molecular flexibility index (Phi) is 4.17. The molecular weight excluding hydrogens is 268 g/mol. The van der Waals surface area contributed by atoms with Crippen molar-refractivity contribution in [3.05, 3.63) is 69.7 Å². The van der Waals surface area contributed by atoms with Crippen molar-refractivity contribution < 1.29 is 8.78 Å². The molecule has 0 fully saturated rings. The zero-order chi connectivity index (χ0) is 14.0. The number of halogens is 3. The van der Waals surface area contributed by atoms with Crippen LogP contribution in [0.5, 0.6) is 0 Å². The predicted molar refractivity (Wildman–Crippen MR) is 73.4 cm³/mol. The zero-order valence-corrected chi connectivity index (χ0v) is 11.4. The van der Waals surface area contributed by atoms with Gasteiger partial charge in [-0.15, -0.1) is 0 Å². The lowest BCUT2D eigenvalue weighted by Crippen LogP contribution is -2.19. The van der Waals surface area contributed by atoms with E-state index in [9.17, 15) is 8.78 Å². The molecule has 0 amide bonds. The molecule has 100 valence electrons. The fourth-order valence-corrected chi connectivity index (χ4v) is 2.27. The number of nitrogens with one attached hydrogen (secondary N) is 1. The van der Waals surface area contributed by atoms with Crippen molar-refractivity contribution in [2.24, 2.45) is 0 Å². The van der Waals surface area contributed by atoms with Gasteiger partial charge in [0.05, 0.1) is 11.1 Å². The van der Waals surface area contributed by atoms with Gasteiger partial charge < -0.3 is 5.32 Å². The van der Waals surface area contributed by atoms with E-state index in [0.717, 1.165) is 16.7 Å². The van der Waals surface area contributed by atoms with E-state index in [1.54, 1.807) is 19.2 Å². The third-order valence-corrected chi connectivity index (χ3v) is 3.42. The molecule has 4 heteroatoms. The third-order valence-electron chi connectivity index (χ3n) is 3.11. The van der Waals surface area contributed by atoms with Crippen LogP contribution in [0.3, 0.4) is 0 Å². The highest BCUT2D eigenvalue weighted by Crippen LogP contribution is 2.27. The zero-order valence-electron chi connectivity index (χ0n) is 10.7. The summed E-state index contributed by atoms with van der Waals surface area (Å²) >= 11 is 5.68. The summed E-state index contributed by atoms with van der Waals surface area (Å²) in [6, 6.07) is 9.05. The first kappa shape index (κ1) is 14.0. The summed E-state index contributed by atoms with van der Waals surface area (Å²) in [5, 5.41) is 3.20. The molecule has 0 radical (unpaired) electrons. The largest absolute Gasteiger partial charge is 0.309 e. The molecule has 0 saturated carbocycles. The second-order valence-electron chi connectivity index (χ2n) is 4.40. The second-order valence-corrected chi connectivity index (χ2v) is 4.80. The molecule has 0 bridgehead atoms. The van der Waals surface area contributed by atoms with Crippen molar-refractivity contribution in [3.63, 3.8) is 0 Å². The minimum absolute atomic E-state index is 0.0921. The van der Waals surface area contributed by atoms with E-state index in [1.807, 2.05) is 6.92 Å². The van der Waals surface area contributed by atoms with Crippen LogP contribution in [0, 0.1) is 18.6 Å². The van der Waals surface area contributed by atoms with Crippen molar-refractivity contribution in [1.82, 2.24) is 5.32 Å². The molecule has 0 aliphatic rings. The fourth-order valence-electron chi connectivity index (χ4n) is 2.16. The van der Waals surface area contributed by atoms with E-state index in [1.165, 1.54) is 24.3 Å². The highest BCUT2D eigenvalue weighted by Gasteiger charge is 2.16. The monoisotopic (exact) mass is 281 g/mol. The van der Waals surface area contributed by atoms with Gasteiger partial charge in [0.25, 0.3) is 0 Å². The highest BCUT2D eigenvalue weighted by molar-refractivity contribution is 6.30. The molecule has 0 aliphatic carbocycles. The number of rotatable bonds is 3. The molecule has 2 aromatic rings. The Balaban J connectivity index is 2.46. The van der Waals surface area contributed by atoms with Crippen molar-refractivity contribution in [2.75, 3.05) is 7.05 Å². The summed E-state index contributed by atoms with van der Waals surface area (Å²) in [7, 11) is 1.78. The predicted octanol–water partition coefficient (Wildman–Crippen LogP) is 4.24. The lowest BCUT2D eigenvalue weighted by Gasteiger charge is -2.19. The number of hydrogen-bond donors (Lipinski definition) is 1. The van der Waals surface area contributed by atoms with Crippen LogP contribution in [-0.4, -0.2) is 7.05 Å². The molecule has 1 nitrogen and oxygen atoms in total. The van der Waals surface area contributed by atoms with Crippen molar-refractivity contribution in [3.8, 4) is 0 Å². The number of benzene rings is 2. The van der Waals surface area contributed by atoms with Gasteiger partial charge in [0.15, 0.2) is 0 Å². The van der Waals surface area contributed by atoms with Gasteiger partial charge in [-0.25, -0.2) is 8.78 Å². The van der Waals surface area contributed by atoms with Gasteiger partial charge in [-0.3, -0.25) is 0 Å². The van der Waals surface area contributed by atoms with Crippen molar-refractivity contribution in [2.45, 2.75) is 13.0 Å². The van der Waals surface area contributed by atoms with Gasteiger partial charge in [0.1, 0.15) is 11.6 Å². The minimum atomic E-state index is -0.459. The molecule has 0 spiro atoms. The third kappa shape index (κ3) is 2.94. The maximum Gasteiger partial charge on any atom is 0.142 e. The van der Waals surface area contributed by atoms with E-state index >= 15 is 0 Å². The normalized spacial score (nSPS) is 12.5. The van der Waals surface area contributed by atoms with Crippen LogP contribution in [0.4, 0.5) is 8.78 Å². The van der Waals surface area contributed by atoms with Crippen LogP contribution < -0.4 is 5.32 Å². The Morgan fingerprint density at radius 2 is 1.84 bits per heavy atom. The van der Waals surface area contributed by atoms with Gasteiger partial charge >= 0.3 is 0 Å². The molecule has 1 N–H and O–H groups in total. The van der Waals surface area contributed by atoms with Crippen molar-refractivity contribution >= 4 is 11.6 Å². The van der Waals surface area contributed by atoms with E-state index < -0.39 is 5.82 Å². The maximum atomic E-state index is 13.5. The molecule has 0 heterocycles. The Bertz CT molecular complexity index is 599. The van der Waals surface area contributed by atoms with Gasteiger partial charge in [-0.05, 0) is 54.9 Å². The SMILES string of the molecule is CNC(c1ccc(Cl)c(F)c1)c1ccc(F)cc1C. The first-order valence-corrected chi connectivity index (χ1v) is 6.29. The number of aryl methyl sites for hydroxylation is 1. The van der Waals surface area contributed by atoms with Gasteiger partial charge in [0, 0.05) is 0 Å². The van der Waals surface area contributed by atoms with E-state index in [0.29, 0.717) is 0 Å². The van der Waals surface area contributed by atoms with Crippen LogP contribution in [0.25, 0.3) is 0 Å². The van der Waals surface area contributed by atoms with Crippen molar-refractivity contribution in [1.29, 1.82) is 0 Å². The Morgan fingerprint density at radius 3 is 2.42 bits per heavy atom. The lowest BCUT2D eigenvalue weighted by molar-refractivity contribution is 0.611. The van der Waals surface area contributed by atoms with E-state index in [2.05, 4.69) is 5.32 Å². The smallest absolute Gasteiger partial charge is 0.142 e. The molecule has 2 rings (SSSR count). The molecule has 1 unspecified atom stereocenters. The van der Waals surface area contributed by atoms with Crippen LogP contribution >= 0.6 is 11.6 Å². The maximum absolute atomic E-state index is 13.5. The molecular formula is C15H14ClF2N. The van der Waals surface area contributed by atoms with Crippen LogP contribution in [-0.2, 0) is 0 Å². The average Bonchev–Trinajstić information content (AvgIpc) is 2.37. The van der Waals surface area contributed by atoms with E-state index in [-0.39, 0.29) is 16.9 Å². The summed E-state index contributed by atoms with van der Waals surface area (Å²) in [4.78, 5) is 0. The first-order valence-electron chi connectivity index (χ1n) is 5.91. The molecule has 19 heavy (non-hydrogen) atoms. The molecule has 0 aliphatic heterocycles. The van der Waals surface area contributed by atoms with Gasteiger partial charge in [-0.2, -0.15) is 0 Å². The summed E-state index contributed by atoms with van der Waals surface area (Å²) in [5.74, 6) is -0.738. The molecule has 0 saturated heterocycles. The van der Waals surface area contributed by atoms with Crippen LogP contribution in [0.2, 0.25) is 5.02 Å². The van der Waals surface area contributed by atoms with Crippen LogP contribution in [0.15, 0.2) is 36.4 Å². The second kappa shape index (κ2) is 5.68. The summed E-state index contributed by atoms with van der Waals surface area (Å²) in [6.07, 6.45) is 0. The first-order chi connectivity index (χ1) is 9.02. The number of hydrogen-bond acceptors (Lipinski definition) is 1. The quantitative estimate of drug-likeness (QED) is 0.887. The standard InChI is InChI=1S/C15H14ClF2N/c1-9-7-11(17)4-5-12(9)15(19-2)10-3-6-13(16)14(18)8-10/h3-8,15,19H,1-2H3. The fraction of sp³-hybridized carbons (Fsp3) is 0.200. The Morgan fingerprint density at radius 1 is 1.11 bits per heavy atom. The highest BCUT2D eigenvalue weighted by atomic mass is 35.5. The minimum Gasteiger partial charge on any atom is -0.309 e. The van der Waals surface area contributed by atoms with Gasteiger partial charge in [-0.1, -0.05) is 23.7 Å². The summed E-state index contributed by atoms with van der Waals surface area (Å²) in [6.45, 7) is 1.83. The summed E-state index contributed by atoms with van der Waals surface area (Å²) < 4.78 is 26.7.